The predicted molar refractivity (Wildman–Crippen MR) is 92.9 cm³/mol. The highest BCUT2D eigenvalue weighted by molar-refractivity contribution is 7.17. The highest BCUT2D eigenvalue weighted by Crippen LogP contribution is 2.40. The molecule has 0 saturated carbocycles. The maximum atomic E-state index is 12.9. The topological polar surface area (TPSA) is 62.1 Å². The van der Waals surface area contributed by atoms with E-state index >= 15 is 0 Å². The molecule has 3 aromatic rings. The second kappa shape index (κ2) is 5.10. The lowest BCUT2D eigenvalue weighted by Crippen LogP contribution is -2.19. The fraction of sp³-hybridized carbons (Fsp3) is 0.222. The summed E-state index contributed by atoms with van der Waals surface area (Å²) in [5.41, 5.74) is 2.90. The van der Waals surface area contributed by atoms with Gasteiger partial charge in [-0.1, -0.05) is 0 Å². The number of rotatable bonds is 1. The number of hydrogen-bond acceptors (Lipinski definition) is 6. The van der Waals surface area contributed by atoms with Gasteiger partial charge < -0.3 is 14.2 Å². The van der Waals surface area contributed by atoms with Gasteiger partial charge in [0.25, 0.3) is 0 Å². The number of aryl methyl sites for hydroxylation is 2. The Labute approximate surface area is 147 Å². The Kier molecular flexibility index (Phi) is 2.96. The number of ether oxygens (including phenoxy) is 3. The van der Waals surface area contributed by atoms with Crippen LogP contribution in [0.2, 0.25) is 0 Å². The standard InChI is InChI=1S/C18H14N2O4S/c1-9-6-20-13(10(2)19-18(20)25-9)3-11-7-22-14-5-16-15(23-8-24-16)4-12(14)17(11)21/h3-6H,7-8H2,1-2H3/b11-3+. The number of ketones is 1. The van der Waals surface area contributed by atoms with E-state index in [-0.39, 0.29) is 19.2 Å². The van der Waals surface area contributed by atoms with E-state index in [0.717, 1.165) is 16.3 Å². The van der Waals surface area contributed by atoms with Crippen LogP contribution in [-0.2, 0) is 0 Å². The van der Waals surface area contributed by atoms with Crippen LogP contribution in [0, 0.1) is 13.8 Å². The molecule has 25 heavy (non-hydrogen) atoms. The van der Waals surface area contributed by atoms with Crippen molar-refractivity contribution in [1.29, 1.82) is 0 Å². The number of hydrogen-bond donors (Lipinski definition) is 0. The van der Waals surface area contributed by atoms with E-state index in [1.54, 1.807) is 23.5 Å². The molecule has 5 rings (SSSR count). The lowest BCUT2D eigenvalue weighted by molar-refractivity contribution is 0.100. The third-order valence-corrected chi connectivity index (χ3v) is 5.27. The van der Waals surface area contributed by atoms with E-state index in [1.807, 2.05) is 30.5 Å². The predicted octanol–water partition coefficient (Wildman–Crippen LogP) is 3.40. The lowest BCUT2D eigenvalue weighted by Gasteiger charge is -2.19. The molecule has 0 radical (unpaired) electrons. The van der Waals surface area contributed by atoms with Gasteiger partial charge in [-0.05, 0) is 26.0 Å². The molecule has 0 fully saturated rings. The molecule has 1 aromatic carbocycles. The summed E-state index contributed by atoms with van der Waals surface area (Å²) in [6, 6.07) is 3.41. The summed E-state index contributed by atoms with van der Waals surface area (Å²) in [6.07, 6.45) is 3.91. The van der Waals surface area contributed by atoms with Gasteiger partial charge in [0, 0.05) is 22.7 Å². The minimum Gasteiger partial charge on any atom is -0.488 e. The summed E-state index contributed by atoms with van der Waals surface area (Å²) < 4.78 is 18.5. The molecule has 6 nitrogen and oxygen atoms in total. The van der Waals surface area contributed by atoms with E-state index in [9.17, 15) is 4.79 Å². The van der Waals surface area contributed by atoms with Crippen LogP contribution in [-0.4, -0.2) is 28.6 Å². The van der Waals surface area contributed by atoms with Gasteiger partial charge in [-0.3, -0.25) is 9.20 Å². The number of carbonyl (C=O) groups is 1. The van der Waals surface area contributed by atoms with Crippen LogP contribution in [0.4, 0.5) is 0 Å². The fourth-order valence-corrected chi connectivity index (χ4v) is 4.02. The van der Waals surface area contributed by atoms with Crippen LogP contribution in [0.3, 0.4) is 0 Å². The van der Waals surface area contributed by atoms with E-state index in [2.05, 4.69) is 4.98 Å². The zero-order chi connectivity index (χ0) is 17.1. The van der Waals surface area contributed by atoms with Crippen LogP contribution in [0.1, 0.15) is 26.6 Å². The minimum atomic E-state index is -0.0548. The van der Waals surface area contributed by atoms with Gasteiger partial charge in [0.15, 0.2) is 22.2 Å². The zero-order valence-corrected chi connectivity index (χ0v) is 14.5. The minimum absolute atomic E-state index is 0.0548. The van der Waals surface area contributed by atoms with Crippen molar-refractivity contribution in [3.8, 4) is 17.2 Å². The van der Waals surface area contributed by atoms with Gasteiger partial charge in [0.1, 0.15) is 12.4 Å². The molecular formula is C18H14N2O4S. The van der Waals surface area contributed by atoms with E-state index in [4.69, 9.17) is 14.2 Å². The van der Waals surface area contributed by atoms with Crippen molar-refractivity contribution in [2.75, 3.05) is 13.4 Å². The Morgan fingerprint density at radius 2 is 1.96 bits per heavy atom. The second-order valence-electron chi connectivity index (χ2n) is 6.07. The van der Waals surface area contributed by atoms with Crippen molar-refractivity contribution >= 4 is 28.2 Å². The van der Waals surface area contributed by atoms with Gasteiger partial charge in [-0.2, -0.15) is 0 Å². The van der Waals surface area contributed by atoms with Gasteiger partial charge >= 0.3 is 0 Å². The van der Waals surface area contributed by atoms with Crippen LogP contribution in [0.5, 0.6) is 17.2 Å². The van der Waals surface area contributed by atoms with Crippen molar-refractivity contribution in [3.05, 3.63) is 45.7 Å². The highest BCUT2D eigenvalue weighted by Gasteiger charge is 2.28. The summed E-state index contributed by atoms with van der Waals surface area (Å²) in [4.78, 5) is 19.6. The third-order valence-electron chi connectivity index (χ3n) is 4.37. The number of imidazole rings is 1. The normalized spacial score (nSPS) is 17.2. The smallest absolute Gasteiger partial charge is 0.231 e. The number of aromatic nitrogens is 2. The monoisotopic (exact) mass is 354 g/mol. The molecule has 126 valence electrons. The Hall–Kier alpha value is -2.80. The molecule has 0 N–H and O–H groups in total. The summed E-state index contributed by atoms with van der Waals surface area (Å²) in [5, 5.41) is 0. The fourth-order valence-electron chi connectivity index (χ4n) is 3.14. The van der Waals surface area contributed by atoms with Crippen molar-refractivity contribution in [1.82, 2.24) is 9.38 Å². The van der Waals surface area contributed by atoms with E-state index in [1.165, 1.54) is 4.88 Å². The number of thiazole rings is 1. The largest absolute Gasteiger partial charge is 0.488 e. The first-order chi connectivity index (χ1) is 12.1. The molecule has 0 aliphatic carbocycles. The summed E-state index contributed by atoms with van der Waals surface area (Å²) >= 11 is 1.63. The molecule has 7 heteroatoms. The van der Waals surface area contributed by atoms with Crippen molar-refractivity contribution in [2.24, 2.45) is 0 Å². The molecule has 0 atom stereocenters. The van der Waals surface area contributed by atoms with E-state index in [0.29, 0.717) is 28.4 Å². The Balaban J connectivity index is 1.60. The van der Waals surface area contributed by atoms with Gasteiger partial charge in [0.2, 0.25) is 6.79 Å². The van der Waals surface area contributed by atoms with Gasteiger partial charge in [-0.25, -0.2) is 4.98 Å². The number of nitrogens with zero attached hydrogens (tertiary/aromatic N) is 2. The molecule has 0 saturated heterocycles. The molecule has 2 aromatic heterocycles. The molecule has 4 heterocycles. The maximum absolute atomic E-state index is 12.9. The summed E-state index contributed by atoms with van der Waals surface area (Å²) in [5.74, 6) is 1.67. The first kappa shape index (κ1) is 14.5. The molecule has 0 amide bonds. The first-order valence-corrected chi connectivity index (χ1v) is 8.68. The third kappa shape index (κ3) is 2.16. The highest BCUT2D eigenvalue weighted by atomic mass is 32.1. The lowest BCUT2D eigenvalue weighted by atomic mass is 9.98. The van der Waals surface area contributed by atoms with Gasteiger partial charge in [0.05, 0.1) is 17.0 Å². The Bertz CT molecular complexity index is 1080. The summed E-state index contributed by atoms with van der Waals surface area (Å²) in [6.45, 7) is 4.38. The van der Waals surface area contributed by atoms with Crippen molar-refractivity contribution < 1.29 is 19.0 Å². The maximum Gasteiger partial charge on any atom is 0.231 e. The molecular weight excluding hydrogens is 340 g/mol. The SMILES string of the molecule is Cc1cn2c(/C=C3\COc4cc5c(cc4C3=O)OCO5)c(C)nc2s1. The Morgan fingerprint density at radius 3 is 2.80 bits per heavy atom. The molecule has 0 spiro atoms. The van der Waals surface area contributed by atoms with Crippen LogP contribution in [0.15, 0.2) is 23.9 Å². The van der Waals surface area contributed by atoms with E-state index < -0.39 is 0 Å². The zero-order valence-electron chi connectivity index (χ0n) is 13.7. The van der Waals surface area contributed by atoms with Crippen LogP contribution in [0.25, 0.3) is 11.0 Å². The molecule has 0 bridgehead atoms. The van der Waals surface area contributed by atoms with Crippen LogP contribution < -0.4 is 14.2 Å². The molecule has 0 unspecified atom stereocenters. The number of carbonyl (C=O) groups excluding carboxylic acids is 1. The average Bonchev–Trinajstić information content (AvgIpc) is 3.24. The first-order valence-electron chi connectivity index (χ1n) is 7.87. The second-order valence-corrected chi connectivity index (χ2v) is 7.28. The summed E-state index contributed by atoms with van der Waals surface area (Å²) in [7, 11) is 0. The average molecular weight is 354 g/mol. The number of benzene rings is 1. The Morgan fingerprint density at radius 1 is 1.16 bits per heavy atom. The molecule has 2 aliphatic heterocycles. The number of fused-ring (bicyclic) bond motifs is 3. The van der Waals surface area contributed by atoms with Crippen molar-refractivity contribution in [2.45, 2.75) is 13.8 Å². The number of Topliss-reactive ketones (excluding diaryl/α,β-unsaturated/α-hetero) is 1. The van der Waals surface area contributed by atoms with Crippen molar-refractivity contribution in [3.63, 3.8) is 0 Å². The quantitative estimate of drug-likeness (QED) is 0.627. The molecule has 2 aliphatic rings. The van der Waals surface area contributed by atoms with Crippen LogP contribution >= 0.6 is 11.3 Å². The van der Waals surface area contributed by atoms with Gasteiger partial charge in [-0.15, -0.1) is 11.3 Å².